The van der Waals surface area contributed by atoms with Crippen LogP contribution in [0, 0.1) is 6.92 Å². The Bertz CT molecular complexity index is 1260. The Labute approximate surface area is 210 Å². The maximum atomic E-state index is 14.0. The molecule has 0 aliphatic carbocycles. The van der Waals surface area contributed by atoms with Crippen LogP contribution in [-0.4, -0.2) is 21.0 Å². The summed E-state index contributed by atoms with van der Waals surface area (Å²) in [6.45, 7) is 4.55. The van der Waals surface area contributed by atoms with Gasteiger partial charge in [-0.25, -0.2) is 0 Å². The normalized spacial score (nSPS) is 13.8. The van der Waals surface area contributed by atoms with Gasteiger partial charge >= 0.3 is 212 Å². The molecule has 0 radical (unpaired) electrons. The van der Waals surface area contributed by atoms with Crippen molar-refractivity contribution in [1.29, 1.82) is 0 Å². The van der Waals surface area contributed by atoms with Crippen LogP contribution in [0.1, 0.15) is 39.6 Å². The molecule has 0 fully saturated rings. The van der Waals surface area contributed by atoms with Crippen LogP contribution in [0.2, 0.25) is 0 Å². The molecule has 2 heterocycles. The van der Waals surface area contributed by atoms with Crippen LogP contribution < -0.4 is 8.89 Å². The van der Waals surface area contributed by atoms with Crippen molar-refractivity contribution < 1.29 is 26.1 Å². The SMILES string of the molecule is Cc1ccc(CN2CCc3n[c]([Hg])n(C(c4ccccc4)c4ccccc4)c(=O)c3C2)cc1. The van der Waals surface area contributed by atoms with Crippen molar-refractivity contribution in [3.05, 3.63) is 129 Å². The molecule has 0 spiro atoms. The van der Waals surface area contributed by atoms with E-state index in [2.05, 4.69) is 60.4 Å². The zero-order valence-corrected chi connectivity index (χ0v) is 24.4. The molecule has 0 saturated carbocycles. The Morgan fingerprint density at radius 2 is 1.52 bits per heavy atom. The van der Waals surface area contributed by atoms with Crippen molar-refractivity contribution in [1.82, 2.24) is 14.5 Å². The number of fused-ring (bicyclic) bond motifs is 1. The van der Waals surface area contributed by atoms with Gasteiger partial charge in [-0.15, -0.1) is 0 Å². The van der Waals surface area contributed by atoms with Crippen molar-refractivity contribution >= 4 is 3.33 Å². The Balaban J connectivity index is 1.55. The van der Waals surface area contributed by atoms with Gasteiger partial charge in [0.25, 0.3) is 0 Å². The van der Waals surface area contributed by atoms with Gasteiger partial charge in [-0.2, -0.15) is 0 Å². The van der Waals surface area contributed by atoms with E-state index >= 15 is 0 Å². The van der Waals surface area contributed by atoms with Crippen LogP contribution in [0.3, 0.4) is 0 Å². The molecule has 0 unspecified atom stereocenters. The molecule has 0 saturated heterocycles. The Hall–Kier alpha value is -2.56. The van der Waals surface area contributed by atoms with Crippen molar-refractivity contribution in [3.8, 4) is 0 Å². The molecule has 3 aromatic carbocycles. The average Bonchev–Trinajstić information content (AvgIpc) is 2.85. The first kappa shape index (κ1) is 22.2. The number of benzene rings is 3. The molecule has 0 bridgehead atoms. The van der Waals surface area contributed by atoms with Gasteiger partial charge in [0, 0.05) is 0 Å². The van der Waals surface area contributed by atoms with E-state index in [1.807, 2.05) is 41.0 Å². The average molecular weight is 621 g/mol. The van der Waals surface area contributed by atoms with Crippen LogP contribution in [0.25, 0.3) is 0 Å². The van der Waals surface area contributed by atoms with E-state index < -0.39 is 0 Å². The van der Waals surface area contributed by atoms with Gasteiger partial charge in [0.05, 0.1) is 0 Å². The van der Waals surface area contributed by atoms with E-state index in [9.17, 15) is 4.79 Å². The summed E-state index contributed by atoms with van der Waals surface area (Å²) in [5.74, 6) is 0. The van der Waals surface area contributed by atoms with Crippen molar-refractivity contribution in [2.75, 3.05) is 6.54 Å². The molecule has 1 aliphatic heterocycles. The molecule has 0 atom stereocenters. The summed E-state index contributed by atoms with van der Waals surface area (Å²) in [5.41, 5.74) is 6.77. The van der Waals surface area contributed by atoms with E-state index in [0.717, 1.165) is 45.2 Å². The van der Waals surface area contributed by atoms with Crippen LogP contribution >= 0.6 is 0 Å². The molecule has 0 N–H and O–H groups in total. The maximum absolute atomic E-state index is 14.0. The predicted octanol–water partition coefficient (Wildman–Crippen LogP) is 3.92. The van der Waals surface area contributed by atoms with Gasteiger partial charge in [-0.05, 0) is 0 Å². The second-order valence-electron chi connectivity index (χ2n) is 8.80. The summed E-state index contributed by atoms with van der Waals surface area (Å²) in [5, 5.41) is 0. The van der Waals surface area contributed by atoms with Crippen LogP contribution in [0.15, 0.2) is 89.7 Å². The third kappa shape index (κ3) is 4.73. The van der Waals surface area contributed by atoms with Crippen LogP contribution in [0.5, 0.6) is 0 Å². The van der Waals surface area contributed by atoms with Crippen molar-refractivity contribution in [3.63, 3.8) is 0 Å². The number of nitrogens with zero attached hydrogens (tertiary/aromatic N) is 3. The summed E-state index contributed by atoms with van der Waals surface area (Å²) in [6.07, 6.45) is 0.836. The molecule has 1 aromatic heterocycles. The zero-order valence-electron chi connectivity index (χ0n) is 18.9. The van der Waals surface area contributed by atoms with E-state index in [1.165, 1.54) is 11.1 Å². The quantitative estimate of drug-likeness (QED) is 0.318. The number of hydrogen-bond donors (Lipinski definition) is 0. The van der Waals surface area contributed by atoms with Gasteiger partial charge in [0.15, 0.2) is 0 Å². The molecule has 0 amide bonds. The first-order chi connectivity index (χ1) is 16.1. The molecule has 4 aromatic rings. The van der Waals surface area contributed by atoms with Crippen LogP contribution in [0.4, 0.5) is 0 Å². The van der Waals surface area contributed by atoms with E-state index in [0.29, 0.717) is 6.54 Å². The van der Waals surface area contributed by atoms with E-state index in [4.69, 9.17) is 4.98 Å². The Morgan fingerprint density at radius 3 is 2.12 bits per heavy atom. The topological polar surface area (TPSA) is 38.1 Å². The van der Waals surface area contributed by atoms with Gasteiger partial charge in [-0.1, -0.05) is 0 Å². The summed E-state index contributed by atoms with van der Waals surface area (Å²) >= 11 is 0.218. The minimum atomic E-state index is -0.155. The molecule has 5 heteroatoms. The summed E-state index contributed by atoms with van der Waals surface area (Å²) in [4.78, 5) is 21.4. The second kappa shape index (κ2) is 9.74. The standard InChI is InChI=1S/C28H26N3O.Hg/c1-21-12-14-22(15-13-21)18-30-17-16-26-25(19-30)28(32)31(20-29-26)27(23-8-4-2-5-9-23)24-10-6-3-7-11-24;/h2-15,27H,16-19H2,1H3;. The first-order valence-corrected chi connectivity index (χ1v) is 14.2. The van der Waals surface area contributed by atoms with Gasteiger partial charge in [0.2, 0.25) is 0 Å². The number of aryl methyl sites for hydroxylation is 1. The number of hydrogen-bond acceptors (Lipinski definition) is 3. The molecule has 1 aliphatic rings. The summed E-state index contributed by atoms with van der Waals surface area (Å²) in [6, 6.07) is 29.2. The van der Waals surface area contributed by atoms with Gasteiger partial charge < -0.3 is 0 Å². The van der Waals surface area contributed by atoms with Crippen molar-refractivity contribution in [2.24, 2.45) is 0 Å². The molecule has 4 nitrogen and oxygen atoms in total. The summed E-state index contributed by atoms with van der Waals surface area (Å²) < 4.78 is 2.94. The van der Waals surface area contributed by atoms with Gasteiger partial charge in [-0.3, -0.25) is 0 Å². The predicted molar refractivity (Wildman–Crippen MR) is 127 cm³/mol. The minimum absolute atomic E-state index is 0.122. The Kier molecular flexibility index (Phi) is 6.56. The molecule has 33 heavy (non-hydrogen) atoms. The molecular formula is C28H26HgN3O. The molecular weight excluding hydrogens is 595 g/mol. The molecule has 161 valence electrons. The number of rotatable bonds is 5. The first-order valence-electron chi connectivity index (χ1n) is 11.4. The van der Waals surface area contributed by atoms with E-state index in [-0.39, 0.29) is 37.7 Å². The fourth-order valence-corrected chi connectivity index (χ4v) is 6.72. The fourth-order valence-electron chi connectivity index (χ4n) is 4.71. The van der Waals surface area contributed by atoms with Gasteiger partial charge in [0.1, 0.15) is 0 Å². The monoisotopic (exact) mass is 622 g/mol. The zero-order chi connectivity index (χ0) is 22.8. The van der Waals surface area contributed by atoms with Crippen molar-refractivity contribution in [2.45, 2.75) is 32.5 Å². The molecule has 5 rings (SSSR count). The van der Waals surface area contributed by atoms with E-state index in [1.54, 1.807) is 0 Å². The Morgan fingerprint density at radius 1 is 0.909 bits per heavy atom. The van der Waals surface area contributed by atoms with Crippen LogP contribution in [-0.2, 0) is 45.6 Å². The number of aromatic nitrogens is 2. The third-order valence-corrected chi connectivity index (χ3v) is 8.37. The second-order valence-corrected chi connectivity index (χ2v) is 11.3. The summed E-state index contributed by atoms with van der Waals surface area (Å²) in [7, 11) is 0. The fraction of sp³-hybridized carbons (Fsp3) is 0.214. The third-order valence-electron chi connectivity index (χ3n) is 6.43.